The van der Waals surface area contributed by atoms with Gasteiger partial charge in [0, 0.05) is 26.4 Å². The lowest BCUT2D eigenvalue weighted by molar-refractivity contribution is 0.102. The standard InChI is InChI=1S/C22H29BrO4/c1-3-14(24)12-26-21-16-8-5-6-9-17(16)22(27-13-15(25)4-2)20-18(21)10-7-11-19(20)23/h7,10-11,14-15,24-25H,3-6,8-9,12-13H2,1-2H3. The number of hydrogen-bond acceptors (Lipinski definition) is 4. The van der Waals surface area contributed by atoms with Crippen LogP contribution in [0.1, 0.15) is 50.7 Å². The van der Waals surface area contributed by atoms with E-state index in [0.717, 1.165) is 52.4 Å². The van der Waals surface area contributed by atoms with Crippen molar-refractivity contribution in [2.24, 2.45) is 0 Å². The van der Waals surface area contributed by atoms with E-state index in [9.17, 15) is 10.2 Å². The van der Waals surface area contributed by atoms with E-state index in [4.69, 9.17) is 9.47 Å². The zero-order valence-electron chi connectivity index (χ0n) is 16.1. The van der Waals surface area contributed by atoms with E-state index in [-0.39, 0.29) is 6.61 Å². The van der Waals surface area contributed by atoms with E-state index >= 15 is 0 Å². The van der Waals surface area contributed by atoms with Gasteiger partial charge in [-0.1, -0.05) is 41.9 Å². The summed E-state index contributed by atoms with van der Waals surface area (Å²) in [4.78, 5) is 0. The van der Waals surface area contributed by atoms with Gasteiger partial charge in [0.2, 0.25) is 0 Å². The fourth-order valence-corrected chi connectivity index (χ4v) is 4.13. The molecule has 0 heterocycles. The van der Waals surface area contributed by atoms with Crippen LogP contribution < -0.4 is 9.47 Å². The first-order valence-electron chi connectivity index (χ1n) is 9.94. The van der Waals surface area contributed by atoms with Crippen molar-refractivity contribution in [1.29, 1.82) is 0 Å². The molecule has 2 unspecified atom stereocenters. The number of hydrogen-bond donors (Lipinski definition) is 2. The molecule has 2 N–H and O–H groups in total. The average molecular weight is 437 g/mol. The van der Waals surface area contributed by atoms with Gasteiger partial charge in [0.25, 0.3) is 0 Å². The Morgan fingerprint density at radius 1 is 0.926 bits per heavy atom. The highest BCUT2D eigenvalue weighted by Crippen LogP contribution is 2.46. The van der Waals surface area contributed by atoms with Gasteiger partial charge >= 0.3 is 0 Å². The zero-order chi connectivity index (χ0) is 19.4. The van der Waals surface area contributed by atoms with Gasteiger partial charge in [-0.25, -0.2) is 0 Å². The lowest BCUT2D eigenvalue weighted by Crippen LogP contribution is -2.20. The van der Waals surface area contributed by atoms with E-state index < -0.39 is 12.2 Å². The van der Waals surface area contributed by atoms with Gasteiger partial charge in [-0.2, -0.15) is 0 Å². The van der Waals surface area contributed by atoms with Crippen molar-refractivity contribution in [2.45, 2.75) is 64.6 Å². The second kappa shape index (κ2) is 9.26. The van der Waals surface area contributed by atoms with Crippen molar-refractivity contribution >= 4 is 26.7 Å². The number of benzene rings is 2. The number of fused-ring (bicyclic) bond motifs is 2. The minimum absolute atomic E-state index is 0.286. The predicted molar refractivity (Wildman–Crippen MR) is 112 cm³/mol. The summed E-state index contributed by atoms with van der Waals surface area (Å²) in [6, 6.07) is 6.05. The van der Waals surface area contributed by atoms with Crippen LogP contribution in [0.15, 0.2) is 22.7 Å². The Labute approximate surface area is 169 Å². The monoisotopic (exact) mass is 436 g/mol. The molecule has 27 heavy (non-hydrogen) atoms. The van der Waals surface area contributed by atoms with Crippen molar-refractivity contribution in [3.05, 3.63) is 33.8 Å². The first-order chi connectivity index (χ1) is 13.1. The molecule has 0 saturated heterocycles. The van der Waals surface area contributed by atoms with E-state index in [1.165, 1.54) is 11.1 Å². The van der Waals surface area contributed by atoms with Gasteiger partial charge in [0.15, 0.2) is 0 Å². The quantitative estimate of drug-likeness (QED) is 0.624. The third kappa shape index (κ3) is 4.41. The summed E-state index contributed by atoms with van der Waals surface area (Å²) in [5.74, 6) is 1.74. The van der Waals surface area contributed by atoms with E-state index in [2.05, 4.69) is 15.9 Å². The van der Waals surface area contributed by atoms with Gasteiger partial charge in [0.05, 0.1) is 12.2 Å². The van der Waals surface area contributed by atoms with Crippen LogP contribution in [0.5, 0.6) is 11.5 Å². The molecule has 4 nitrogen and oxygen atoms in total. The molecule has 1 aliphatic carbocycles. The first kappa shape index (κ1) is 20.4. The molecule has 2 aromatic rings. The summed E-state index contributed by atoms with van der Waals surface area (Å²) in [6.45, 7) is 4.48. The average Bonchev–Trinajstić information content (AvgIpc) is 2.70. The SMILES string of the molecule is CCC(O)COc1c2c(c(OCC(O)CC)c3c(Br)cccc13)CCCC2. The molecule has 0 amide bonds. The number of ether oxygens (including phenoxy) is 2. The third-order valence-corrected chi connectivity index (χ3v) is 5.94. The van der Waals surface area contributed by atoms with Crippen LogP contribution in [0, 0.1) is 0 Å². The molecule has 0 spiro atoms. The summed E-state index contributed by atoms with van der Waals surface area (Å²) in [5, 5.41) is 22.0. The topological polar surface area (TPSA) is 58.9 Å². The van der Waals surface area contributed by atoms with Crippen molar-refractivity contribution in [3.63, 3.8) is 0 Å². The lowest BCUT2D eigenvalue weighted by Gasteiger charge is -2.27. The van der Waals surface area contributed by atoms with E-state index in [1.54, 1.807) is 0 Å². The minimum atomic E-state index is -0.475. The Morgan fingerprint density at radius 3 is 2.07 bits per heavy atom. The molecule has 2 aromatic carbocycles. The van der Waals surface area contributed by atoms with Gasteiger partial charge in [-0.3, -0.25) is 0 Å². The van der Waals surface area contributed by atoms with E-state index in [1.807, 2.05) is 32.0 Å². The number of halogens is 1. The molecule has 1 aliphatic rings. The smallest absolute Gasteiger partial charge is 0.132 e. The highest BCUT2D eigenvalue weighted by atomic mass is 79.9. The Balaban J connectivity index is 2.14. The van der Waals surface area contributed by atoms with Gasteiger partial charge in [-0.05, 0) is 44.6 Å². The number of rotatable bonds is 8. The van der Waals surface area contributed by atoms with Crippen LogP contribution in [0.3, 0.4) is 0 Å². The Morgan fingerprint density at radius 2 is 1.48 bits per heavy atom. The number of aliphatic hydroxyl groups is 2. The third-order valence-electron chi connectivity index (χ3n) is 5.28. The van der Waals surface area contributed by atoms with Crippen LogP contribution in [0.2, 0.25) is 0 Å². The van der Waals surface area contributed by atoms with E-state index in [0.29, 0.717) is 19.4 Å². The van der Waals surface area contributed by atoms with Crippen molar-refractivity contribution < 1.29 is 19.7 Å². The first-order valence-corrected chi connectivity index (χ1v) is 10.7. The molecule has 0 aromatic heterocycles. The van der Waals surface area contributed by atoms with Crippen molar-refractivity contribution in [3.8, 4) is 11.5 Å². The molecule has 0 aliphatic heterocycles. The summed E-state index contributed by atoms with van der Waals surface area (Å²) in [6.07, 6.45) is 4.51. The highest BCUT2D eigenvalue weighted by molar-refractivity contribution is 9.10. The molecular formula is C22H29BrO4. The summed E-state index contributed by atoms with van der Waals surface area (Å²) < 4.78 is 13.3. The number of aliphatic hydroxyl groups excluding tert-OH is 2. The fraction of sp³-hybridized carbons (Fsp3) is 0.545. The second-order valence-electron chi connectivity index (χ2n) is 7.23. The second-order valence-corrected chi connectivity index (χ2v) is 8.09. The largest absolute Gasteiger partial charge is 0.490 e. The van der Waals surface area contributed by atoms with Crippen molar-refractivity contribution in [2.75, 3.05) is 13.2 Å². The van der Waals surface area contributed by atoms with Crippen LogP contribution in [0.25, 0.3) is 10.8 Å². The van der Waals surface area contributed by atoms with Crippen LogP contribution >= 0.6 is 15.9 Å². The maximum atomic E-state index is 10.0. The molecule has 2 atom stereocenters. The summed E-state index contributed by atoms with van der Waals surface area (Å²) >= 11 is 3.68. The Kier molecular flexibility index (Phi) is 7.01. The Hall–Kier alpha value is -1.30. The highest BCUT2D eigenvalue weighted by Gasteiger charge is 2.25. The molecule has 0 fully saturated rings. The Bertz CT molecular complexity index is 790. The van der Waals surface area contributed by atoms with Gasteiger partial charge in [0.1, 0.15) is 24.7 Å². The predicted octanol–water partition coefficient (Wildman–Crippen LogP) is 4.78. The lowest BCUT2D eigenvalue weighted by atomic mass is 9.87. The van der Waals surface area contributed by atoms with Crippen LogP contribution in [-0.2, 0) is 12.8 Å². The molecular weight excluding hydrogens is 408 g/mol. The molecule has 0 radical (unpaired) electrons. The molecule has 5 heteroatoms. The van der Waals surface area contributed by atoms with Crippen LogP contribution in [0.4, 0.5) is 0 Å². The molecule has 148 valence electrons. The minimum Gasteiger partial charge on any atom is -0.490 e. The zero-order valence-corrected chi connectivity index (χ0v) is 17.7. The maximum absolute atomic E-state index is 10.0. The van der Waals surface area contributed by atoms with Crippen LogP contribution in [-0.4, -0.2) is 35.6 Å². The fourth-order valence-electron chi connectivity index (χ4n) is 3.58. The van der Waals surface area contributed by atoms with Crippen molar-refractivity contribution in [1.82, 2.24) is 0 Å². The van der Waals surface area contributed by atoms with Gasteiger partial charge in [-0.15, -0.1) is 0 Å². The summed E-state index contributed by atoms with van der Waals surface area (Å²) in [5.41, 5.74) is 2.38. The molecule has 0 bridgehead atoms. The maximum Gasteiger partial charge on any atom is 0.132 e. The normalized spacial score (nSPS) is 16.0. The summed E-state index contributed by atoms with van der Waals surface area (Å²) in [7, 11) is 0. The van der Waals surface area contributed by atoms with Gasteiger partial charge < -0.3 is 19.7 Å². The molecule has 3 rings (SSSR count). The molecule has 0 saturated carbocycles.